The van der Waals surface area contributed by atoms with E-state index in [1.54, 1.807) is 6.92 Å². The van der Waals surface area contributed by atoms with Crippen LogP contribution in [0.25, 0.3) is 0 Å². The standard InChI is InChI=1S/C34H55NO6/c1-4-5-6-7-8-9-10-11-12-13-14-15-19-22-31(36)24-30(26-41-25-29-20-17-16-18-21-29)33(38)35-28(3)32(37)23-27(2)34(39)40/h16-18,20-21,27-28,30H,4-15,19,22-26H2,1-3H3,(H,35,38)(H,39,40)/t27-,28-,30-/m1/s1. The molecule has 0 aliphatic rings. The van der Waals surface area contributed by atoms with E-state index in [0.717, 1.165) is 24.8 Å². The number of nitrogens with one attached hydrogen (secondary N) is 1. The Morgan fingerprint density at radius 2 is 1.32 bits per heavy atom. The van der Waals surface area contributed by atoms with Crippen LogP contribution in [0.5, 0.6) is 0 Å². The maximum atomic E-state index is 13.0. The second-order valence-electron chi connectivity index (χ2n) is 11.6. The van der Waals surface area contributed by atoms with Crippen molar-refractivity contribution < 1.29 is 29.0 Å². The van der Waals surface area contributed by atoms with Crippen molar-refractivity contribution in [2.75, 3.05) is 6.61 Å². The number of Topliss-reactive ketones (excluding diaryl/α,β-unsaturated/α-hetero) is 2. The lowest BCUT2D eigenvalue weighted by atomic mass is 9.97. The van der Waals surface area contributed by atoms with Crippen molar-refractivity contribution in [1.82, 2.24) is 5.32 Å². The minimum absolute atomic E-state index is 0.0232. The van der Waals surface area contributed by atoms with E-state index in [2.05, 4.69) is 12.2 Å². The third kappa shape index (κ3) is 18.5. The minimum Gasteiger partial charge on any atom is -0.481 e. The van der Waals surface area contributed by atoms with Crippen LogP contribution in [0.4, 0.5) is 0 Å². The van der Waals surface area contributed by atoms with Gasteiger partial charge in [0.05, 0.1) is 31.1 Å². The molecule has 0 spiro atoms. The highest BCUT2D eigenvalue weighted by Crippen LogP contribution is 2.16. The number of benzene rings is 1. The number of amides is 1. The maximum Gasteiger partial charge on any atom is 0.306 e. The molecule has 41 heavy (non-hydrogen) atoms. The Balaban J connectivity index is 2.41. The molecule has 3 atom stereocenters. The van der Waals surface area contributed by atoms with Crippen LogP contribution < -0.4 is 5.32 Å². The van der Waals surface area contributed by atoms with Gasteiger partial charge in [0.15, 0.2) is 5.78 Å². The molecule has 7 heteroatoms. The van der Waals surface area contributed by atoms with Gasteiger partial charge in [-0.15, -0.1) is 0 Å². The first-order valence-corrected chi connectivity index (χ1v) is 15.9. The van der Waals surface area contributed by atoms with Crippen LogP contribution in [0.3, 0.4) is 0 Å². The third-order valence-electron chi connectivity index (χ3n) is 7.61. The molecule has 1 aromatic rings. The summed E-state index contributed by atoms with van der Waals surface area (Å²) < 4.78 is 5.79. The fourth-order valence-electron chi connectivity index (χ4n) is 4.81. The number of carbonyl (C=O) groups is 4. The second kappa shape index (κ2) is 23.1. The summed E-state index contributed by atoms with van der Waals surface area (Å²) in [5, 5.41) is 11.8. The predicted molar refractivity (Wildman–Crippen MR) is 164 cm³/mol. The van der Waals surface area contributed by atoms with E-state index < -0.39 is 29.8 Å². The average molecular weight is 574 g/mol. The third-order valence-corrected chi connectivity index (χ3v) is 7.61. The van der Waals surface area contributed by atoms with Gasteiger partial charge < -0.3 is 15.2 Å². The van der Waals surface area contributed by atoms with Crippen molar-refractivity contribution in [3.05, 3.63) is 35.9 Å². The largest absolute Gasteiger partial charge is 0.481 e. The monoisotopic (exact) mass is 573 g/mol. The number of carbonyl (C=O) groups excluding carboxylic acids is 3. The molecule has 0 aliphatic heterocycles. The molecule has 2 N–H and O–H groups in total. The zero-order valence-corrected chi connectivity index (χ0v) is 25.8. The Bertz CT molecular complexity index is 871. The molecule has 0 aromatic heterocycles. The lowest BCUT2D eigenvalue weighted by Gasteiger charge is -2.20. The number of rotatable bonds is 26. The molecule has 0 fully saturated rings. The molecule has 0 aliphatic carbocycles. The van der Waals surface area contributed by atoms with Crippen LogP contribution in [0.1, 0.15) is 129 Å². The normalized spacial score (nSPS) is 13.3. The molecule has 1 aromatic carbocycles. The van der Waals surface area contributed by atoms with Gasteiger partial charge in [-0.25, -0.2) is 0 Å². The topological polar surface area (TPSA) is 110 Å². The Kier molecular flexibility index (Phi) is 20.5. The number of unbranched alkanes of at least 4 members (excludes halogenated alkanes) is 12. The van der Waals surface area contributed by atoms with E-state index in [1.807, 2.05) is 30.3 Å². The lowest BCUT2D eigenvalue weighted by molar-refractivity contribution is -0.143. The van der Waals surface area contributed by atoms with Gasteiger partial charge in [0.2, 0.25) is 5.91 Å². The van der Waals surface area contributed by atoms with Gasteiger partial charge in [0, 0.05) is 19.3 Å². The molecule has 232 valence electrons. The van der Waals surface area contributed by atoms with E-state index in [1.165, 1.54) is 71.1 Å². The fraction of sp³-hybridized carbons (Fsp3) is 0.706. The summed E-state index contributed by atoms with van der Waals surface area (Å²) in [7, 11) is 0. The van der Waals surface area contributed by atoms with Crippen LogP contribution in [0.15, 0.2) is 30.3 Å². The molecular weight excluding hydrogens is 518 g/mol. The zero-order valence-electron chi connectivity index (χ0n) is 25.8. The Morgan fingerprint density at radius 3 is 1.85 bits per heavy atom. The zero-order chi connectivity index (χ0) is 30.3. The molecule has 0 heterocycles. The van der Waals surface area contributed by atoms with Gasteiger partial charge in [-0.05, 0) is 18.9 Å². The number of ketones is 2. The first-order valence-electron chi connectivity index (χ1n) is 15.9. The van der Waals surface area contributed by atoms with Crippen molar-refractivity contribution in [2.24, 2.45) is 11.8 Å². The van der Waals surface area contributed by atoms with Crippen LogP contribution in [-0.4, -0.2) is 41.2 Å². The van der Waals surface area contributed by atoms with Crippen LogP contribution >= 0.6 is 0 Å². The molecule has 0 unspecified atom stereocenters. The van der Waals surface area contributed by atoms with Gasteiger partial charge in [-0.1, -0.05) is 121 Å². The molecule has 7 nitrogen and oxygen atoms in total. The molecule has 0 bridgehead atoms. The first kappa shape index (κ1) is 36.5. The predicted octanol–water partition coefficient (Wildman–Crippen LogP) is 7.44. The number of carboxylic acid groups (broad SMARTS) is 1. The highest BCUT2D eigenvalue weighted by molar-refractivity contribution is 5.93. The van der Waals surface area contributed by atoms with Gasteiger partial charge in [-0.3, -0.25) is 19.2 Å². The van der Waals surface area contributed by atoms with E-state index in [4.69, 9.17) is 9.84 Å². The number of aliphatic carboxylic acids is 1. The van der Waals surface area contributed by atoms with E-state index in [9.17, 15) is 19.2 Å². The summed E-state index contributed by atoms with van der Waals surface area (Å²) in [4.78, 5) is 49.3. The molecule has 1 amide bonds. The molecule has 0 saturated heterocycles. The first-order chi connectivity index (χ1) is 19.7. The number of hydrogen-bond donors (Lipinski definition) is 2. The van der Waals surface area contributed by atoms with Crippen molar-refractivity contribution in [2.45, 2.75) is 136 Å². The smallest absolute Gasteiger partial charge is 0.306 e. The minimum atomic E-state index is -1.05. The van der Waals surface area contributed by atoms with Crippen LogP contribution in [-0.2, 0) is 30.5 Å². The van der Waals surface area contributed by atoms with Crippen molar-refractivity contribution >= 4 is 23.4 Å². The van der Waals surface area contributed by atoms with Crippen LogP contribution in [0, 0.1) is 11.8 Å². The van der Waals surface area contributed by atoms with Crippen LogP contribution in [0.2, 0.25) is 0 Å². The lowest BCUT2D eigenvalue weighted by Crippen LogP contribution is -2.44. The molecular formula is C34H55NO6. The highest BCUT2D eigenvalue weighted by Gasteiger charge is 2.27. The average Bonchev–Trinajstić information content (AvgIpc) is 2.95. The molecule has 1 rings (SSSR count). The number of hydrogen-bond acceptors (Lipinski definition) is 5. The SMILES string of the molecule is CCCCCCCCCCCCCCCC(=O)C[C@H](COCc1ccccc1)C(=O)N[C@H](C)C(=O)C[C@@H](C)C(=O)O. The summed E-state index contributed by atoms with van der Waals surface area (Å²) in [5.41, 5.74) is 0.969. The summed E-state index contributed by atoms with van der Waals surface area (Å²) in [6.07, 6.45) is 16.5. The quantitative estimate of drug-likeness (QED) is 0.111. The summed E-state index contributed by atoms with van der Waals surface area (Å²) in [6, 6.07) is 8.76. The number of carboxylic acids is 1. The Hall–Kier alpha value is -2.54. The van der Waals surface area contributed by atoms with Gasteiger partial charge in [-0.2, -0.15) is 0 Å². The Morgan fingerprint density at radius 1 is 0.780 bits per heavy atom. The summed E-state index contributed by atoms with van der Waals surface area (Å²) >= 11 is 0. The molecule has 0 radical (unpaired) electrons. The van der Waals surface area contributed by atoms with Gasteiger partial charge in [0.25, 0.3) is 0 Å². The van der Waals surface area contributed by atoms with E-state index >= 15 is 0 Å². The highest BCUT2D eigenvalue weighted by atomic mass is 16.5. The van der Waals surface area contributed by atoms with Gasteiger partial charge in [0.1, 0.15) is 5.78 Å². The Labute approximate surface area is 248 Å². The molecule has 0 saturated carbocycles. The maximum absolute atomic E-state index is 13.0. The summed E-state index contributed by atoms with van der Waals surface area (Å²) in [5.74, 6) is -3.33. The van der Waals surface area contributed by atoms with E-state index in [0.29, 0.717) is 13.0 Å². The second-order valence-corrected chi connectivity index (χ2v) is 11.6. The number of ether oxygens (including phenoxy) is 1. The van der Waals surface area contributed by atoms with Crippen molar-refractivity contribution in [3.8, 4) is 0 Å². The van der Waals surface area contributed by atoms with E-state index in [-0.39, 0.29) is 31.0 Å². The summed E-state index contributed by atoms with van der Waals surface area (Å²) in [6.45, 7) is 5.65. The van der Waals surface area contributed by atoms with Crippen molar-refractivity contribution in [1.29, 1.82) is 0 Å². The van der Waals surface area contributed by atoms with Crippen molar-refractivity contribution in [3.63, 3.8) is 0 Å². The van der Waals surface area contributed by atoms with Gasteiger partial charge >= 0.3 is 5.97 Å². The fourth-order valence-corrected chi connectivity index (χ4v) is 4.81.